The minimum Gasteiger partial charge on any atom is -0.465 e. The van der Waals surface area contributed by atoms with E-state index in [1.807, 2.05) is 29.7 Å². The van der Waals surface area contributed by atoms with Gasteiger partial charge in [-0.3, -0.25) is 0 Å². The van der Waals surface area contributed by atoms with E-state index in [0.29, 0.717) is 11.9 Å². The van der Waals surface area contributed by atoms with Gasteiger partial charge in [0, 0.05) is 23.9 Å². The van der Waals surface area contributed by atoms with Crippen LogP contribution < -0.4 is 5.73 Å². The molecule has 0 bridgehead atoms. The molecular weight excluding hydrogens is 284 g/mol. The molecule has 1 aromatic heterocycles. The lowest BCUT2D eigenvalue weighted by molar-refractivity contribution is -0.368. The molecule has 3 N–H and O–H groups in total. The summed E-state index contributed by atoms with van der Waals surface area (Å²) >= 11 is 0. The van der Waals surface area contributed by atoms with Crippen LogP contribution in [0.5, 0.6) is 0 Å². The standard InChI is InChI=1S/C16H20N2O4/c1-10-5-6-12-11(9-10)13(15(19)21-2)14(16(20)22-3)18(12)8-4-7-17/h5-6,9H,4,7-8,17H2,1-3H3/p+1. The maximum atomic E-state index is 12.2. The van der Waals surface area contributed by atoms with Gasteiger partial charge < -0.3 is 19.8 Å². The molecule has 0 aliphatic rings. The van der Waals surface area contributed by atoms with Crippen LogP contribution in [-0.4, -0.2) is 37.3 Å². The van der Waals surface area contributed by atoms with Crippen molar-refractivity contribution in [3.05, 3.63) is 35.0 Å². The fourth-order valence-corrected chi connectivity index (χ4v) is 2.59. The molecule has 0 amide bonds. The number of fused-ring (bicyclic) bond motifs is 1. The fraction of sp³-hybridized carbons (Fsp3) is 0.375. The van der Waals surface area contributed by atoms with Gasteiger partial charge in [0.1, 0.15) is 11.3 Å². The van der Waals surface area contributed by atoms with Crippen molar-refractivity contribution in [1.29, 1.82) is 0 Å². The second kappa shape index (κ2) is 6.62. The number of carbonyl (C=O) groups is 2. The van der Waals surface area contributed by atoms with Gasteiger partial charge in [0.05, 0.1) is 20.8 Å². The zero-order valence-electron chi connectivity index (χ0n) is 13.1. The molecule has 0 unspecified atom stereocenters. The minimum atomic E-state index is -0.543. The van der Waals surface area contributed by atoms with Crippen molar-refractivity contribution in [2.45, 2.75) is 19.9 Å². The molecule has 0 aliphatic carbocycles. The number of aryl methyl sites for hydroxylation is 2. The number of esters is 2. The Balaban J connectivity index is 2.82. The molecule has 2 aromatic rings. The Morgan fingerprint density at radius 2 is 1.86 bits per heavy atom. The van der Waals surface area contributed by atoms with Crippen LogP contribution in [0.25, 0.3) is 10.9 Å². The van der Waals surface area contributed by atoms with Gasteiger partial charge in [-0.05, 0) is 19.1 Å². The Morgan fingerprint density at radius 1 is 1.18 bits per heavy atom. The number of aromatic nitrogens is 1. The number of hydrogen-bond acceptors (Lipinski definition) is 4. The van der Waals surface area contributed by atoms with Gasteiger partial charge in [0.2, 0.25) is 0 Å². The van der Waals surface area contributed by atoms with Gasteiger partial charge in [-0.15, -0.1) is 0 Å². The Bertz CT molecular complexity index is 718. The highest BCUT2D eigenvalue weighted by Gasteiger charge is 2.28. The predicted molar refractivity (Wildman–Crippen MR) is 81.7 cm³/mol. The monoisotopic (exact) mass is 305 g/mol. The first kappa shape index (κ1) is 16.0. The third-order valence-corrected chi connectivity index (χ3v) is 3.62. The van der Waals surface area contributed by atoms with Gasteiger partial charge in [-0.1, -0.05) is 11.6 Å². The van der Waals surface area contributed by atoms with Gasteiger partial charge in [0.25, 0.3) is 0 Å². The smallest absolute Gasteiger partial charge is 0.355 e. The first-order chi connectivity index (χ1) is 10.5. The van der Waals surface area contributed by atoms with Gasteiger partial charge in [0.15, 0.2) is 0 Å². The lowest BCUT2D eigenvalue weighted by atomic mass is 10.1. The zero-order chi connectivity index (χ0) is 16.3. The van der Waals surface area contributed by atoms with Crippen LogP contribution in [0.4, 0.5) is 0 Å². The number of methoxy groups -OCH3 is 2. The van der Waals surface area contributed by atoms with Crippen LogP contribution in [0, 0.1) is 6.92 Å². The first-order valence-electron chi connectivity index (χ1n) is 7.13. The summed E-state index contributed by atoms with van der Waals surface area (Å²) in [5.41, 5.74) is 6.15. The van der Waals surface area contributed by atoms with Crippen LogP contribution in [0.2, 0.25) is 0 Å². The predicted octanol–water partition coefficient (Wildman–Crippen LogP) is 1.15. The number of quaternary nitrogens is 1. The van der Waals surface area contributed by atoms with E-state index in [4.69, 9.17) is 9.47 Å². The molecule has 6 nitrogen and oxygen atoms in total. The number of rotatable bonds is 5. The molecule has 1 heterocycles. The minimum absolute atomic E-state index is 0.239. The summed E-state index contributed by atoms with van der Waals surface area (Å²) in [7, 11) is 2.61. The molecule has 2 rings (SSSR count). The Labute approximate surface area is 128 Å². The highest BCUT2D eigenvalue weighted by molar-refractivity contribution is 6.13. The van der Waals surface area contributed by atoms with Crippen molar-refractivity contribution in [3.63, 3.8) is 0 Å². The van der Waals surface area contributed by atoms with E-state index >= 15 is 0 Å². The van der Waals surface area contributed by atoms with Crippen molar-refractivity contribution in [1.82, 2.24) is 4.57 Å². The van der Waals surface area contributed by atoms with Gasteiger partial charge >= 0.3 is 11.9 Å². The van der Waals surface area contributed by atoms with E-state index in [-0.39, 0.29) is 11.3 Å². The molecule has 0 atom stereocenters. The van der Waals surface area contributed by atoms with Gasteiger partial charge in [-0.2, -0.15) is 0 Å². The fourth-order valence-electron chi connectivity index (χ4n) is 2.59. The van der Waals surface area contributed by atoms with E-state index in [2.05, 4.69) is 5.73 Å². The molecule has 0 aliphatic heterocycles. The molecule has 118 valence electrons. The third kappa shape index (κ3) is 2.69. The third-order valence-electron chi connectivity index (χ3n) is 3.62. The van der Waals surface area contributed by atoms with Crippen LogP contribution in [0.3, 0.4) is 0 Å². The summed E-state index contributed by atoms with van der Waals surface area (Å²) in [6, 6.07) is 5.74. The normalized spacial score (nSPS) is 10.7. The molecule has 0 spiro atoms. The van der Waals surface area contributed by atoms with Crippen molar-refractivity contribution in [2.75, 3.05) is 20.8 Å². The lowest BCUT2D eigenvalue weighted by Gasteiger charge is -2.09. The molecular formula is C16H21N2O4+. The Morgan fingerprint density at radius 3 is 2.45 bits per heavy atom. The van der Waals surface area contributed by atoms with E-state index < -0.39 is 11.9 Å². The maximum Gasteiger partial charge on any atom is 0.355 e. The highest BCUT2D eigenvalue weighted by Crippen LogP contribution is 2.29. The van der Waals surface area contributed by atoms with Crippen LogP contribution in [0.15, 0.2) is 18.2 Å². The summed E-state index contributed by atoms with van der Waals surface area (Å²) in [6.07, 6.45) is 0.794. The Kier molecular flexibility index (Phi) is 4.82. The summed E-state index contributed by atoms with van der Waals surface area (Å²) in [6.45, 7) is 3.26. The lowest BCUT2D eigenvalue weighted by Crippen LogP contribution is -2.50. The SMILES string of the molecule is COC(=O)c1c(C(=O)OC)n(CCC[NH3+])c2ccc(C)cc12. The quantitative estimate of drug-likeness (QED) is 0.840. The van der Waals surface area contributed by atoms with Crippen molar-refractivity contribution in [3.8, 4) is 0 Å². The average Bonchev–Trinajstić information content (AvgIpc) is 2.84. The van der Waals surface area contributed by atoms with Crippen molar-refractivity contribution < 1.29 is 24.8 Å². The average molecular weight is 305 g/mol. The highest BCUT2D eigenvalue weighted by atomic mass is 16.5. The van der Waals surface area contributed by atoms with Gasteiger partial charge in [-0.25, -0.2) is 9.59 Å². The number of ether oxygens (including phenoxy) is 2. The topological polar surface area (TPSA) is 85.2 Å². The maximum absolute atomic E-state index is 12.2. The largest absolute Gasteiger partial charge is 0.465 e. The molecule has 0 radical (unpaired) electrons. The van der Waals surface area contributed by atoms with E-state index in [1.54, 1.807) is 0 Å². The summed E-state index contributed by atoms with van der Waals surface area (Å²) in [5.74, 6) is -1.08. The molecule has 22 heavy (non-hydrogen) atoms. The summed E-state index contributed by atoms with van der Waals surface area (Å²) < 4.78 is 11.6. The summed E-state index contributed by atoms with van der Waals surface area (Å²) in [4.78, 5) is 24.4. The molecule has 0 saturated heterocycles. The first-order valence-corrected chi connectivity index (χ1v) is 7.13. The second-order valence-corrected chi connectivity index (χ2v) is 5.09. The Hall–Kier alpha value is -2.34. The number of benzene rings is 1. The number of hydrogen-bond donors (Lipinski definition) is 1. The van der Waals surface area contributed by atoms with E-state index in [9.17, 15) is 9.59 Å². The zero-order valence-corrected chi connectivity index (χ0v) is 13.1. The number of carbonyl (C=O) groups excluding carboxylic acids is 2. The van der Waals surface area contributed by atoms with Crippen molar-refractivity contribution >= 4 is 22.8 Å². The van der Waals surface area contributed by atoms with E-state index in [1.165, 1.54) is 14.2 Å². The van der Waals surface area contributed by atoms with Crippen LogP contribution in [0.1, 0.15) is 32.8 Å². The van der Waals surface area contributed by atoms with E-state index in [0.717, 1.165) is 24.0 Å². The molecule has 6 heteroatoms. The number of nitrogens with zero attached hydrogens (tertiary/aromatic N) is 1. The van der Waals surface area contributed by atoms with Crippen LogP contribution >= 0.6 is 0 Å². The molecule has 0 saturated carbocycles. The molecule has 1 aromatic carbocycles. The second-order valence-electron chi connectivity index (χ2n) is 5.09. The molecule has 0 fully saturated rings. The van der Waals surface area contributed by atoms with Crippen LogP contribution in [-0.2, 0) is 16.0 Å². The summed E-state index contributed by atoms with van der Waals surface area (Å²) in [5, 5.41) is 0.705. The van der Waals surface area contributed by atoms with Crippen molar-refractivity contribution in [2.24, 2.45) is 0 Å².